The molecule has 0 aliphatic heterocycles. The summed E-state index contributed by atoms with van der Waals surface area (Å²) < 4.78 is 18.7. The summed E-state index contributed by atoms with van der Waals surface area (Å²) in [7, 11) is 0. The molecule has 0 bridgehead atoms. The first kappa shape index (κ1) is 13.0. The van der Waals surface area contributed by atoms with E-state index in [0.717, 1.165) is 0 Å². The highest BCUT2D eigenvalue weighted by Gasteiger charge is 2.15. The molecule has 20 heavy (non-hydrogen) atoms. The largest absolute Gasteiger partial charge is 0.375 e. The maximum atomic E-state index is 13.7. The van der Waals surface area contributed by atoms with Crippen molar-refractivity contribution in [2.45, 2.75) is 6.42 Å². The Labute approximate surface area is 122 Å². The first-order valence-electron chi connectivity index (χ1n) is 5.60. The Bertz CT molecular complexity index is 737. The van der Waals surface area contributed by atoms with E-state index >= 15 is 0 Å². The summed E-state index contributed by atoms with van der Waals surface area (Å²) in [6.45, 7) is 0. The van der Waals surface area contributed by atoms with E-state index in [1.807, 2.05) is 0 Å². The molecule has 8 heteroatoms. The molecule has 1 aromatic carbocycles. The number of aromatic nitrogens is 3. The molecule has 5 nitrogen and oxygen atoms in total. The Hall–Kier alpha value is -1.99. The van der Waals surface area contributed by atoms with Crippen molar-refractivity contribution in [3.05, 3.63) is 45.8 Å². The van der Waals surface area contributed by atoms with Crippen LogP contribution in [0, 0.1) is 5.82 Å². The summed E-state index contributed by atoms with van der Waals surface area (Å²) >= 11 is 7.23. The third-order valence-electron chi connectivity index (χ3n) is 2.61. The number of nitrogens with zero attached hydrogens (tertiary/aromatic N) is 3. The van der Waals surface area contributed by atoms with Crippen molar-refractivity contribution in [3.63, 3.8) is 0 Å². The summed E-state index contributed by atoms with van der Waals surface area (Å²) in [6.07, 6.45) is 0.147. The van der Waals surface area contributed by atoms with Gasteiger partial charge < -0.3 is 10.3 Å². The van der Waals surface area contributed by atoms with Crippen LogP contribution in [0.2, 0.25) is 5.02 Å². The van der Waals surface area contributed by atoms with E-state index in [1.165, 1.54) is 17.4 Å². The number of anilines is 1. The lowest BCUT2D eigenvalue weighted by molar-refractivity contribution is 0.422. The van der Waals surface area contributed by atoms with Crippen LogP contribution in [-0.4, -0.2) is 15.1 Å². The van der Waals surface area contributed by atoms with E-state index in [0.29, 0.717) is 27.2 Å². The molecular weight excluding hydrogens is 303 g/mol. The number of hydrogen-bond acceptors (Lipinski definition) is 6. The summed E-state index contributed by atoms with van der Waals surface area (Å²) in [4.78, 5) is 8.19. The average Bonchev–Trinajstić information content (AvgIpc) is 3.03. The van der Waals surface area contributed by atoms with Crippen molar-refractivity contribution >= 4 is 28.1 Å². The predicted octanol–water partition coefficient (Wildman–Crippen LogP) is 3.16. The number of thiazole rings is 1. The number of nitrogens with two attached hydrogens (primary N) is 1. The SMILES string of the molecule is Nc1nc(-c2nc(Cc3c(F)cccc3Cl)no2)cs1. The molecule has 0 radical (unpaired) electrons. The van der Waals surface area contributed by atoms with Crippen molar-refractivity contribution in [3.8, 4) is 11.6 Å². The van der Waals surface area contributed by atoms with Crippen molar-refractivity contribution in [1.29, 1.82) is 0 Å². The van der Waals surface area contributed by atoms with Gasteiger partial charge in [0.05, 0.1) is 0 Å². The molecule has 0 spiro atoms. The van der Waals surface area contributed by atoms with Gasteiger partial charge in [-0.1, -0.05) is 22.8 Å². The maximum absolute atomic E-state index is 13.7. The summed E-state index contributed by atoms with van der Waals surface area (Å²) in [6, 6.07) is 4.49. The second-order valence-electron chi connectivity index (χ2n) is 3.96. The van der Waals surface area contributed by atoms with Crippen LogP contribution in [0.15, 0.2) is 28.1 Å². The van der Waals surface area contributed by atoms with Crippen LogP contribution in [0.4, 0.5) is 9.52 Å². The van der Waals surface area contributed by atoms with Gasteiger partial charge in [0, 0.05) is 22.4 Å². The maximum Gasteiger partial charge on any atom is 0.277 e. The third-order valence-corrected chi connectivity index (χ3v) is 3.63. The highest BCUT2D eigenvalue weighted by molar-refractivity contribution is 7.13. The highest BCUT2D eigenvalue weighted by Crippen LogP contribution is 2.24. The van der Waals surface area contributed by atoms with Crippen LogP contribution >= 0.6 is 22.9 Å². The number of nitrogen functional groups attached to an aromatic ring is 1. The molecule has 0 amide bonds. The number of halogens is 2. The Morgan fingerprint density at radius 3 is 2.90 bits per heavy atom. The average molecular weight is 311 g/mol. The van der Waals surface area contributed by atoms with Crippen LogP contribution in [0.25, 0.3) is 11.6 Å². The highest BCUT2D eigenvalue weighted by atomic mass is 35.5. The van der Waals surface area contributed by atoms with Crippen LogP contribution in [0.5, 0.6) is 0 Å². The van der Waals surface area contributed by atoms with E-state index in [1.54, 1.807) is 17.5 Å². The van der Waals surface area contributed by atoms with E-state index < -0.39 is 5.82 Å². The standard InChI is InChI=1S/C12H8ClFN4OS/c13-7-2-1-3-8(14)6(7)4-10-17-11(19-18-10)9-5-20-12(15)16-9/h1-3,5H,4H2,(H2,15,16). The topological polar surface area (TPSA) is 77.8 Å². The van der Waals surface area contributed by atoms with E-state index in [2.05, 4.69) is 15.1 Å². The minimum absolute atomic E-state index is 0.147. The smallest absolute Gasteiger partial charge is 0.277 e. The van der Waals surface area contributed by atoms with Gasteiger partial charge >= 0.3 is 0 Å². The van der Waals surface area contributed by atoms with Crippen LogP contribution in [-0.2, 0) is 6.42 Å². The minimum Gasteiger partial charge on any atom is -0.375 e. The molecule has 102 valence electrons. The molecular formula is C12H8ClFN4OS. The van der Waals surface area contributed by atoms with Crippen molar-refractivity contribution in [1.82, 2.24) is 15.1 Å². The van der Waals surface area contributed by atoms with Crippen molar-refractivity contribution in [2.24, 2.45) is 0 Å². The molecule has 0 unspecified atom stereocenters. The van der Waals surface area contributed by atoms with Crippen LogP contribution in [0.3, 0.4) is 0 Å². The van der Waals surface area contributed by atoms with Crippen LogP contribution in [0.1, 0.15) is 11.4 Å². The first-order chi connectivity index (χ1) is 9.63. The fourth-order valence-corrected chi connectivity index (χ4v) is 2.44. The van der Waals surface area contributed by atoms with Gasteiger partial charge in [-0.15, -0.1) is 11.3 Å². The Kier molecular flexibility index (Phi) is 3.37. The molecule has 2 N–H and O–H groups in total. The van der Waals surface area contributed by atoms with Crippen molar-refractivity contribution in [2.75, 3.05) is 5.73 Å². The predicted molar refractivity (Wildman–Crippen MR) is 74.0 cm³/mol. The van der Waals surface area contributed by atoms with Gasteiger partial charge in [-0.05, 0) is 12.1 Å². The van der Waals surface area contributed by atoms with Gasteiger partial charge in [0.15, 0.2) is 11.0 Å². The molecule has 3 rings (SSSR count). The number of hydrogen-bond donors (Lipinski definition) is 1. The molecule has 0 atom stereocenters. The van der Waals surface area contributed by atoms with Crippen LogP contribution < -0.4 is 5.73 Å². The van der Waals surface area contributed by atoms with Gasteiger partial charge in [-0.2, -0.15) is 4.98 Å². The lowest BCUT2D eigenvalue weighted by atomic mass is 10.1. The summed E-state index contributed by atoms with van der Waals surface area (Å²) in [5, 5.41) is 6.24. The summed E-state index contributed by atoms with van der Waals surface area (Å²) in [5.41, 5.74) is 6.37. The lowest BCUT2D eigenvalue weighted by Crippen LogP contribution is -1.96. The quantitative estimate of drug-likeness (QED) is 0.804. The molecule has 0 aliphatic rings. The van der Waals surface area contributed by atoms with Gasteiger partial charge in [0.1, 0.15) is 11.5 Å². The zero-order valence-electron chi connectivity index (χ0n) is 10.0. The molecule has 0 fully saturated rings. The first-order valence-corrected chi connectivity index (χ1v) is 6.86. The van der Waals surface area contributed by atoms with Crippen molar-refractivity contribution < 1.29 is 8.91 Å². The molecule has 2 aromatic heterocycles. The van der Waals surface area contributed by atoms with E-state index in [-0.39, 0.29) is 12.3 Å². The lowest BCUT2D eigenvalue weighted by Gasteiger charge is -2.01. The van der Waals surface area contributed by atoms with Gasteiger partial charge in [0.2, 0.25) is 0 Å². The molecule has 2 heterocycles. The zero-order chi connectivity index (χ0) is 14.1. The fraction of sp³-hybridized carbons (Fsp3) is 0.0833. The second kappa shape index (κ2) is 5.18. The van der Waals surface area contributed by atoms with Gasteiger partial charge in [-0.25, -0.2) is 9.37 Å². The Morgan fingerprint density at radius 1 is 1.35 bits per heavy atom. The summed E-state index contributed by atoms with van der Waals surface area (Å²) in [5.74, 6) is 0.181. The third kappa shape index (κ3) is 2.50. The second-order valence-corrected chi connectivity index (χ2v) is 5.26. The fourth-order valence-electron chi connectivity index (χ4n) is 1.67. The molecule has 0 saturated carbocycles. The molecule has 0 saturated heterocycles. The number of benzene rings is 1. The molecule has 3 aromatic rings. The number of rotatable bonds is 3. The van der Waals surface area contributed by atoms with E-state index in [4.69, 9.17) is 21.9 Å². The Morgan fingerprint density at radius 2 is 2.20 bits per heavy atom. The van der Waals surface area contributed by atoms with Gasteiger partial charge in [0.25, 0.3) is 5.89 Å². The molecule has 0 aliphatic carbocycles. The zero-order valence-corrected chi connectivity index (χ0v) is 11.6. The van der Waals surface area contributed by atoms with E-state index in [9.17, 15) is 4.39 Å². The Balaban J connectivity index is 1.88. The minimum atomic E-state index is -0.401. The van der Waals surface area contributed by atoms with Gasteiger partial charge in [-0.3, -0.25) is 0 Å². The monoisotopic (exact) mass is 310 g/mol. The normalized spacial score (nSPS) is 10.9.